The van der Waals surface area contributed by atoms with Crippen molar-refractivity contribution in [3.05, 3.63) is 29.8 Å². The molecule has 0 radical (unpaired) electrons. The molecule has 1 rings (SSSR count). The fourth-order valence-corrected chi connectivity index (χ4v) is 3.28. The maximum atomic E-state index is 12.0. The third-order valence-corrected chi connectivity index (χ3v) is 5.12. The fraction of sp³-hybridized carbons (Fsp3) is 0.708. The topological polar surface area (TPSA) is 58.6 Å². The van der Waals surface area contributed by atoms with Crippen LogP contribution in [0.3, 0.4) is 0 Å². The van der Waals surface area contributed by atoms with Gasteiger partial charge in [-0.05, 0) is 49.9 Å². The monoisotopic (exact) mass is 445 g/mol. The van der Waals surface area contributed by atoms with E-state index in [1.165, 1.54) is 12.8 Å². The van der Waals surface area contributed by atoms with E-state index in [2.05, 4.69) is 5.32 Å². The summed E-state index contributed by atoms with van der Waals surface area (Å²) in [5.74, 6) is -0.342. The van der Waals surface area contributed by atoms with Crippen LogP contribution in [-0.4, -0.2) is 37.0 Å². The van der Waals surface area contributed by atoms with E-state index in [0.717, 1.165) is 50.8 Å². The van der Waals surface area contributed by atoms with Crippen LogP contribution in [0.25, 0.3) is 0 Å². The first-order valence-electron chi connectivity index (χ1n) is 11.6. The van der Waals surface area contributed by atoms with E-state index in [1.807, 2.05) is 12.1 Å². The number of anilines is 1. The molecule has 0 saturated carbocycles. The largest absolute Gasteiger partial charge is 0.462 e. The maximum absolute atomic E-state index is 12.0. The maximum Gasteiger partial charge on any atom is 0.389 e. The van der Waals surface area contributed by atoms with Crippen LogP contribution in [0.15, 0.2) is 24.3 Å². The molecule has 0 unspecified atom stereocenters. The number of carbonyl (C=O) groups is 1. The zero-order chi connectivity index (χ0) is 22.8. The van der Waals surface area contributed by atoms with Crippen LogP contribution in [0, 0.1) is 0 Å². The van der Waals surface area contributed by atoms with Gasteiger partial charge < -0.3 is 15.2 Å². The van der Waals surface area contributed by atoms with Crippen LogP contribution in [0.5, 0.6) is 0 Å². The number of nitrogens with one attached hydrogen (secondary N) is 1. The highest BCUT2D eigenvalue weighted by Gasteiger charge is 2.25. The van der Waals surface area contributed by atoms with E-state index >= 15 is 0 Å². The summed E-state index contributed by atoms with van der Waals surface area (Å²) in [6.07, 6.45) is 6.36. The summed E-state index contributed by atoms with van der Waals surface area (Å²) in [5.41, 5.74) is 1.50. The number of unbranched alkanes of at least 4 members (excludes halogenated alkanes) is 10. The normalized spacial score (nSPS) is 11.5. The average Bonchev–Trinajstić information content (AvgIpc) is 2.74. The van der Waals surface area contributed by atoms with Crippen molar-refractivity contribution in [3.8, 4) is 0 Å². The van der Waals surface area contributed by atoms with E-state index in [4.69, 9.17) is 9.84 Å². The van der Waals surface area contributed by atoms with Gasteiger partial charge in [0.2, 0.25) is 0 Å². The molecule has 0 saturated heterocycles. The van der Waals surface area contributed by atoms with E-state index < -0.39 is 12.6 Å². The summed E-state index contributed by atoms with van der Waals surface area (Å²) in [4.78, 5) is 11.9. The minimum Gasteiger partial charge on any atom is -0.462 e. The molecule has 0 heterocycles. The van der Waals surface area contributed by atoms with Gasteiger partial charge in [0.1, 0.15) is 0 Å². The Bertz CT molecular complexity index is 576. The van der Waals surface area contributed by atoms with Crippen LogP contribution in [0.2, 0.25) is 0 Å². The highest BCUT2D eigenvalue weighted by molar-refractivity contribution is 5.89. The first kappa shape index (κ1) is 27.3. The molecule has 0 bridgehead atoms. The third-order valence-electron chi connectivity index (χ3n) is 5.12. The van der Waals surface area contributed by atoms with Crippen LogP contribution < -0.4 is 5.32 Å². The second-order valence-electron chi connectivity index (χ2n) is 7.97. The zero-order valence-corrected chi connectivity index (χ0v) is 18.5. The molecule has 1 aromatic rings. The van der Waals surface area contributed by atoms with Gasteiger partial charge in [0.05, 0.1) is 12.2 Å². The Hall–Kier alpha value is -1.76. The lowest BCUT2D eigenvalue weighted by Crippen LogP contribution is -2.07. The summed E-state index contributed by atoms with van der Waals surface area (Å²) < 4.78 is 41.2. The van der Waals surface area contributed by atoms with Gasteiger partial charge in [-0.2, -0.15) is 13.2 Å². The fourth-order valence-electron chi connectivity index (χ4n) is 3.28. The lowest BCUT2D eigenvalue weighted by Gasteiger charge is -2.08. The molecule has 0 aliphatic heterocycles. The molecule has 0 amide bonds. The van der Waals surface area contributed by atoms with E-state index in [-0.39, 0.29) is 19.0 Å². The first-order chi connectivity index (χ1) is 14.9. The van der Waals surface area contributed by atoms with Crippen molar-refractivity contribution in [2.24, 2.45) is 0 Å². The third kappa shape index (κ3) is 15.7. The number of esters is 1. The highest BCUT2D eigenvalue weighted by atomic mass is 19.4. The Kier molecular flexibility index (Phi) is 14.8. The summed E-state index contributed by atoms with van der Waals surface area (Å²) in [6, 6.07) is 7.25. The Morgan fingerprint density at radius 3 is 1.90 bits per heavy atom. The molecular formula is C24H38F3NO3. The van der Waals surface area contributed by atoms with Crippen molar-refractivity contribution in [1.82, 2.24) is 0 Å². The smallest absolute Gasteiger partial charge is 0.389 e. The number of hydrogen-bond acceptors (Lipinski definition) is 4. The van der Waals surface area contributed by atoms with E-state index in [0.29, 0.717) is 31.4 Å². The highest BCUT2D eigenvalue weighted by Crippen LogP contribution is 2.23. The van der Waals surface area contributed by atoms with Crippen LogP contribution in [0.4, 0.5) is 18.9 Å². The molecule has 7 heteroatoms. The summed E-state index contributed by atoms with van der Waals surface area (Å²) >= 11 is 0. The molecule has 4 nitrogen and oxygen atoms in total. The lowest BCUT2D eigenvalue weighted by atomic mass is 10.1. The number of carbonyl (C=O) groups excluding carboxylic acids is 1. The molecule has 0 spiro atoms. The number of alkyl halides is 3. The van der Waals surface area contributed by atoms with Gasteiger partial charge in [0.25, 0.3) is 0 Å². The van der Waals surface area contributed by atoms with Crippen LogP contribution in [-0.2, 0) is 4.74 Å². The predicted octanol–water partition coefficient (Wildman–Crippen LogP) is 6.88. The Labute approximate surface area is 184 Å². The Morgan fingerprint density at radius 1 is 0.806 bits per heavy atom. The molecule has 0 atom stereocenters. The molecule has 2 N–H and O–H groups in total. The number of benzene rings is 1. The molecule has 0 aromatic heterocycles. The van der Waals surface area contributed by atoms with Gasteiger partial charge in [-0.3, -0.25) is 0 Å². The molecule has 31 heavy (non-hydrogen) atoms. The molecule has 0 aliphatic rings. The van der Waals surface area contributed by atoms with E-state index in [9.17, 15) is 18.0 Å². The van der Waals surface area contributed by atoms with Gasteiger partial charge in [-0.1, -0.05) is 51.4 Å². The Morgan fingerprint density at radius 2 is 1.35 bits per heavy atom. The van der Waals surface area contributed by atoms with Crippen LogP contribution in [0.1, 0.15) is 93.8 Å². The predicted molar refractivity (Wildman–Crippen MR) is 118 cm³/mol. The van der Waals surface area contributed by atoms with Crippen LogP contribution >= 0.6 is 0 Å². The number of aliphatic hydroxyl groups is 1. The molecule has 178 valence electrons. The van der Waals surface area contributed by atoms with Crippen molar-refractivity contribution in [2.45, 2.75) is 89.6 Å². The van der Waals surface area contributed by atoms with Gasteiger partial charge in [-0.25, -0.2) is 4.79 Å². The number of rotatable bonds is 18. The number of aliphatic hydroxyl groups excluding tert-OH is 1. The van der Waals surface area contributed by atoms with Crippen molar-refractivity contribution < 1.29 is 27.8 Å². The SMILES string of the molecule is O=C(OCCCCO)c1ccc(NCCCCCCCCCCCCC(F)(F)F)cc1. The van der Waals surface area contributed by atoms with Gasteiger partial charge in [0, 0.05) is 25.3 Å². The molecular weight excluding hydrogens is 407 g/mol. The standard InChI is InChI=1S/C24H38F3NO3/c25-24(26,27)17-9-7-5-3-1-2-4-6-8-10-18-28-22-15-13-21(14-16-22)23(30)31-20-12-11-19-29/h13-16,28-29H,1-12,17-20H2. The molecule has 0 aliphatic carbocycles. The summed E-state index contributed by atoms with van der Waals surface area (Å²) in [6.45, 7) is 1.31. The van der Waals surface area contributed by atoms with Gasteiger partial charge in [-0.15, -0.1) is 0 Å². The van der Waals surface area contributed by atoms with Crippen molar-refractivity contribution >= 4 is 11.7 Å². The quantitative estimate of drug-likeness (QED) is 0.191. The van der Waals surface area contributed by atoms with Crippen molar-refractivity contribution in [2.75, 3.05) is 25.1 Å². The second-order valence-corrected chi connectivity index (χ2v) is 7.97. The van der Waals surface area contributed by atoms with Crippen molar-refractivity contribution in [3.63, 3.8) is 0 Å². The van der Waals surface area contributed by atoms with Crippen molar-refractivity contribution in [1.29, 1.82) is 0 Å². The van der Waals surface area contributed by atoms with E-state index in [1.54, 1.807) is 12.1 Å². The second kappa shape index (κ2) is 16.9. The minimum atomic E-state index is -4.01. The molecule has 0 fully saturated rings. The summed E-state index contributed by atoms with van der Waals surface area (Å²) in [5, 5.41) is 12.1. The average molecular weight is 446 g/mol. The summed E-state index contributed by atoms with van der Waals surface area (Å²) in [7, 11) is 0. The first-order valence-corrected chi connectivity index (χ1v) is 11.6. The number of ether oxygens (including phenoxy) is 1. The zero-order valence-electron chi connectivity index (χ0n) is 18.5. The number of hydrogen-bond donors (Lipinski definition) is 2. The minimum absolute atomic E-state index is 0.106. The Balaban J connectivity index is 1.96. The van der Waals surface area contributed by atoms with Gasteiger partial charge in [0.15, 0.2) is 0 Å². The molecule has 1 aromatic carbocycles. The number of halogens is 3. The van der Waals surface area contributed by atoms with Gasteiger partial charge >= 0.3 is 12.1 Å². The lowest BCUT2D eigenvalue weighted by molar-refractivity contribution is -0.135.